The molecule has 0 aromatic heterocycles. The molecule has 0 aliphatic carbocycles. The zero-order chi connectivity index (χ0) is 22.2. The molecule has 32 heavy (non-hydrogen) atoms. The molecular weight excluding hydrogens is 483 g/mol. The number of nitrogens with zero attached hydrogens (tertiary/aromatic N) is 4. The molecule has 0 amide bonds. The summed E-state index contributed by atoms with van der Waals surface area (Å²) in [6.07, 6.45) is -0.356. The van der Waals surface area contributed by atoms with Gasteiger partial charge in [0.05, 0.1) is 7.11 Å². The van der Waals surface area contributed by atoms with Crippen molar-refractivity contribution in [2.45, 2.75) is 6.17 Å². The van der Waals surface area contributed by atoms with Crippen molar-refractivity contribution in [1.29, 1.82) is 0 Å². The largest absolute Gasteiger partial charge is 0.497 e. The Morgan fingerprint density at radius 2 is 1.53 bits per heavy atom. The molecule has 0 spiro atoms. The van der Waals surface area contributed by atoms with Crippen molar-refractivity contribution in [3.05, 3.63) is 94.0 Å². The van der Waals surface area contributed by atoms with Crippen LogP contribution in [-0.4, -0.2) is 27.4 Å². The van der Waals surface area contributed by atoms with Gasteiger partial charge in [-0.25, -0.2) is 4.99 Å². The second-order valence-corrected chi connectivity index (χ2v) is 9.21. The minimum Gasteiger partial charge on any atom is -0.497 e. The average molecular weight is 499 g/mol. The first-order valence-electron chi connectivity index (χ1n) is 9.66. The Morgan fingerprint density at radius 3 is 2.16 bits per heavy atom. The van der Waals surface area contributed by atoms with Gasteiger partial charge in [0, 0.05) is 21.3 Å². The molecule has 0 fully saturated rings. The van der Waals surface area contributed by atoms with Crippen LogP contribution in [0, 0.1) is 0 Å². The van der Waals surface area contributed by atoms with E-state index in [-0.39, 0.29) is 6.17 Å². The molecule has 3 aromatic rings. The van der Waals surface area contributed by atoms with Gasteiger partial charge >= 0.3 is 0 Å². The molecule has 160 valence electrons. The Labute approximate surface area is 205 Å². The quantitative estimate of drug-likeness (QED) is 0.380. The van der Waals surface area contributed by atoms with Crippen molar-refractivity contribution in [2.24, 2.45) is 10.1 Å². The third-order valence-corrected chi connectivity index (χ3v) is 6.88. The molecule has 0 saturated heterocycles. The van der Waals surface area contributed by atoms with E-state index in [4.69, 9.17) is 50.3 Å². The Hall–Kier alpha value is -2.58. The Kier molecular flexibility index (Phi) is 5.82. The van der Waals surface area contributed by atoms with E-state index in [2.05, 4.69) is 0 Å². The van der Waals surface area contributed by atoms with Crippen molar-refractivity contribution >= 4 is 68.2 Å². The fraction of sp³-hybridized carbons (Fsp3) is 0.0870. The maximum absolute atomic E-state index is 6.12. The number of fused-ring (bicyclic) bond motifs is 1. The summed E-state index contributed by atoms with van der Waals surface area (Å²) in [5, 5.41) is 9.88. The predicted octanol–water partition coefficient (Wildman–Crippen LogP) is 6.57. The van der Waals surface area contributed by atoms with Crippen LogP contribution in [0.25, 0.3) is 0 Å². The van der Waals surface area contributed by atoms with Gasteiger partial charge in [-0.1, -0.05) is 35.3 Å². The highest BCUT2D eigenvalue weighted by molar-refractivity contribution is 8.27. The van der Waals surface area contributed by atoms with Gasteiger partial charge < -0.3 is 4.74 Å². The van der Waals surface area contributed by atoms with Gasteiger partial charge in [-0.3, -0.25) is 4.90 Å². The van der Waals surface area contributed by atoms with E-state index in [1.807, 2.05) is 77.7 Å². The first-order valence-corrected chi connectivity index (χ1v) is 11.6. The van der Waals surface area contributed by atoms with Gasteiger partial charge in [-0.05, 0) is 90.2 Å². The second-order valence-electron chi connectivity index (χ2n) is 7.01. The number of anilines is 1. The van der Waals surface area contributed by atoms with Crippen molar-refractivity contribution in [1.82, 2.24) is 5.01 Å². The number of aliphatic imine (C=N–C) groups is 1. The third-order valence-electron chi connectivity index (χ3n) is 5.03. The third kappa shape index (κ3) is 3.97. The summed E-state index contributed by atoms with van der Waals surface area (Å²) in [6.45, 7) is 0. The van der Waals surface area contributed by atoms with E-state index in [1.54, 1.807) is 12.1 Å². The van der Waals surface area contributed by atoms with E-state index in [0.717, 1.165) is 32.8 Å². The number of amidine groups is 1. The van der Waals surface area contributed by atoms with Crippen LogP contribution in [0.3, 0.4) is 0 Å². The number of rotatable bonds is 4. The second kappa shape index (κ2) is 8.75. The Bertz CT molecular complexity index is 1230. The van der Waals surface area contributed by atoms with Crippen LogP contribution < -0.4 is 9.64 Å². The first kappa shape index (κ1) is 21.3. The minimum absolute atomic E-state index is 0.356. The molecule has 9 heteroatoms. The smallest absolute Gasteiger partial charge is 0.205 e. The molecule has 5 nitrogen and oxygen atoms in total. The molecule has 0 saturated carbocycles. The molecule has 0 bridgehead atoms. The SMILES string of the molecule is COc1ccc(C2=NN3C(=S)N(c4ccc(Cl)cc4)C(c4ccc(Cl)cc4)N=C3S2)cc1. The monoisotopic (exact) mass is 498 g/mol. The summed E-state index contributed by atoms with van der Waals surface area (Å²) < 4.78 is 5.26. The van der Waals surface area contributed by atoms with Crippen LogP contribution in [0.5, 0.6) is 5.75 Å². The zero-order valence-electron chi connectivity index (χ0n) is 16.8. The lowest BCUT2D eigenvalue weighted by Gasteiger charge is -2.37. The Balaban J connectivity index is 1.56. The van der Waals surface area contributed by atoms with E-state index >= 15 is 0 Å². The number of hydrogen-bond acceptors (Lipinski definition) is 5. The molecule has 1 atom stereocenters. The van der Waals surface area contributed by atoms with E-state index in [1.165, 1.54) is 11.8 Å². The van der Waals surface area contributed by atoms with Crippen molar-refractivity contribution in [2.75, 3.05) is 12.0 Å². The van der Waals surface area contributed by atoms with E-state index < -0.39 is 0 Å². The number of hydrazone groups is 1. The maximum Gasteiger partial charge on any atom is 0.205 e. The van der Waals surface area contributed by atoms with Crippen LogP contribution in [0.4, 0.5) is 5.69 Å². The standard InChI is InChI=1S/C23H16Cl2N4OS2/c1-30-19-12-4-15(5-13-19)21-27-29-22(32-21)26-20(14-2-6-16(24)7-3-14)28(23(29)31)18-10-8-17(25)9-11-18/h2-13,20H,1H3. The van der Waals surface area contributed by atoms with Crippen LogP contribution in [0.1, 0.15) is 17.3 Å². The van der Waals surface area contributed by atoms with Crippen LogP contribution >= 0.6 is 47.2 Å². The van der Waals surface area contributed by atoms with Gasteiger partial charge in [-0.2, -0.15) is 10.1 Å². The van der Waals surface area contributed by atoms with Gasteiger partial charge in [0.2, 0.25) is 5.11 Å². The van der Waals surface area contributed by atoms with Crippen LogP contribution in [0.15, 0.2) is 82.9 Å². The van der Waals surface area contributed by atoms with Crippen LogP contribution in [0.2, 0.25) is 10.0 Å². The first-order chi connectivity index (χ1) is 15.5. The number of halogens is 2. The summed E-state index contributed by atoms with van der Waals surface area (Å²) in [5.74, 6) is 0.791. The summed E-state index contributed by atoms with van der Waals surface area (Å²) in [4.78, 5) is 6.98. The maximum atomic E-state index is 6.12. The van der Waals surface area contributed by atoms with Gasteiger partial charge in [0.25, 0.3) is 0 Å². The zero-order valence-corrected chi connectivity index (χ0v) is 19.9. The lowest BCUT2D eigenvalue weighted by molar-refractivity contribution is 0.415. The molecule has 2 heterocycles. The molecule has 0 radical (unpaired) electrons. The molecule has 3 aromatic carbocycles. The van der Waals surface area contributed by atoms with Crippen molar-refractivity contribution in [3.8, 4) is 5.75 Å². The number of hydrogen-bond donors (Lipinski definition) is 0. The molecule has 2 aliphatic heterocycles. The highest BCUT2D eigenvalue weighted by Crippen LogP contribution is 2.39. The number of methoxy groups -OCH3 is 1. The Morgan fingerprint density at radius 1 is 0.906 bits per heavy atom. The highest BCUT2D eigenvalue weighted by Gasteiger charge is 2.39. The number of thioether (sulfide) groups is 1. The minimum atomic E-state index is -0.356. The van der Waals surface area contributed by atoms with Crippen molar-refractivity contribution < 1.29 is 4.74 Å². The normalized spacial score (nSPS) is 17.7. The molecule has 1 unspecified atom stereocenters. The van der Waals surface area contributed by atoms with E-state index in [0.29, 0.717) is 15.2 Å². The van der Waals surface area contributed by atoms with E-state index in [9.17, 15) is 0 Å². The number of ether oxygens (including phenoxy) is 1. The number of thiocarbonyl (C=S) groups is 1. The fourth-order valence-corrected chi connectivity index (χ4v) is 4.98. The average Bonchev–Trinajstić information content (AvgIpc) is 3.25. The summed E-state index contributed by atoms with van der Waals surface area (Å²) >= 11 is 19.6. The van der Waals surface area contributed by atoms with Crippen LogP contribution in [-0.2, 0) is 0 Å². The topological polar surface area (TPSA) is 40.4 Å². The van der Waals surface area contributed by atoms with Crippen molar-refractivity contribution in [3.63, 3.8) is 0 Å². The molecule has 5 rings (SSSR count). The summed E-state index contributed by atoms with van der Waals surface area (Å²) in [7, 11) is 1.65. The van der Waals surface area contributed by atoms with Gasteiger partial charge in [-0.15, -0.1) is 0 Å². The number of benzene rings is 3. The fourth-order valence-electron chi connectivity index (χ4n) is 3.42. The summed E-state index contributed by atoms with van der Waals surface area (Å²) in [6, 6.07) is 22.9. The van der Waals surface area contributed by atoms with Gasteiger partial charge in [0.1, 0.15) is 10.8 Å². The molecule has 2 aliphatic rings. The predicted molar refractivity (Wildman–Crippen MR) is 137 cm³/mol. The lowest BCUT2D eigenvalue weighted by atomic mass is 10.1. The molecular formula is C23H16Cl2N4OS2. The highest BCUT2D eigenvalue weighted by atomic mass is 35.5. The van der Waals surface area contributed by atoms with Gasteiger partial charge in [0.15, 0.2) is 11.3 Å². The molecule has 0 N–H and O–H groups in total. The lowest BCUT2D eigenvalue weighted by Crippen LogP contribution is -2.47. The summed E-state index contributed by atoms with van der Waals surface area (Å²) in [5.41, 5.74) is 2.81.